The quantitative estimate of drug-likeness (QED) is 0.801. The first kappa shape index (κ1) is 12.0. The second-order valence-corrected chi connectivity index (χ2v) is 3.72. The van der Waals surface area contributed by atoms with Gasteiger partial charge in [-0.1, -0.05) is 0 Å². The van der Waals surface area contributed by atoms with E-state index in [4.69, 9.17) is 11.0 Å². The summed E-state index contributed by atoms with van der Waals surface area (Å²) in [6.45, 7) is 0. The van der Waals surface area contributed by atoms with Gasteiger partial charge in [-0.05, 0) is 6.07 Å². The molecule has 6 nitrogen and oxygen atoms in total. The highest BCUT2D eigenvalue weighted by molar-refractivity contribution is 7.10. The minimum Gasteiger partial charge on any atom is -0.430 e. The van der Waals surface area contributed by atoms with Gasteiger partial charge in [0.05, 0.1) is 10.4 Å². The Morgan fingerprint density at radius 3 is 2.81 bits per heavy atom. The van der Waals surface area contributed by atoms with Crippen molar-refractivity contribution in [3.05, 3.63) is 21.9 Å². The Balaban J connectivity index is 2.96. The van der Waals surface area contributed by atoms with E-state index < -0.39 is 18.1 Å². The number of amides is 2. The number of nitrogens with zero attached hydrogens (tertiary/aromatic N) is 1. The summed E-state index contributed by atoms with van der Waals surface area (Å²) >= 11 is 1.15. The lowest BCUT2D eigenvalue weighted by Crippen LogP contribution is -2.30. The fourth-order valence-corrected chi connectivity index (χ4v) is 1.89. The van der Waals surface area contributed by atoms with Crippen LogP contribution in [0.15, 0.2) is 11.4 Å². The molecule has 0 radical (unpaired) electrons. The standard InChI is InChI=1S/C9H9N3O3S/c1-12-8(13)7(15-9(11)14)6-2-5(3-10)4-16-6/h2,4,7H,1H3,(H2,11,14)(H,12,13). The third-order valence-electron chi connectivity index (χ3n) is 1.73. The van der Waals surface area contributed by atoms with Crippen LogP contribution in [0.2, 0.25) is 0 Å². The predicted molar refractivity (Wildman–Crippen MR) is 56.5 cm³/mol. The van der Waals surface area contributed by atoms with Gasteiger partial charge in [-0.25, -0.2) is 4.79 Å². The van der Waals surface area contributed by atoms with Crippen molar-refractivity contribution in [3.8, 4) is 6.07 Å². The first-order valence-corrected chi connectivity index (χ1v) is 5.12. The van der Waals surface area contributed by atoms with Crippen molar-refractivity contribution in [2.75, 3.05) is 7.05 Å². The Morgan fingerprint density at radius 2 is 2.38 bits per heavy atom. The van der Waals surface area contributed by atoms with Gasteiger partial charge in [-0.2, -0.15) is 5.26 Å². The molecule has 0 bridgehead atoms. The number of primary amides is 1. The van der Waals surface area contributed by atoms with E-state index in [0.717, 1.165) is 11.3 Å². The molecule has 0 saturated heterocycles. The van der Waals surface area contributed by atoms with Crippen LogP contribution in [0.5, 0.6) is 0 Å². The molecular weight excluding hydrogens is 230 g/mol. The van der Waals surface area contributed by atoms with Gasteiger partial charge in [-0.3, -0.25) is 4.79 Å². The second kappa shape index (κ2) is 5.14. The Morgan fingerprint density at radius 1 is 1.69 bits per heavy atom. The van der Waals surface area contributed by atoms with E-state index in [1.165, 1.54) is 13.1 Å². The molecule has 0 aromatic carbocycles. The van der Waals surface area contributed by atoms with Crippen LogP contribution in [0.4, 0.5) is 4.79 Å². The maximum absolute atomic E-state index is 11.4. The molecule has 1 atom stereocenters. The first-order valence-electron chi connectivity index (χ1n) is 4.24. The molecule has 0 aliphatic heterocycles. The lowest BCUT2D eigenvalue weighted by molar-refractivity contribution is -0.129. The fourth-order valence-electron chi connectivity index (χ4n) is 1.04. The number of nitriles is 1. The van der Waals surface area contributed by atoms with Gasteiger partial charge in [0.15, 0.2) is 0 Å². The van der Waals surface area contributed by atoms with Crippen molar-refractivity contribution in [1.82, 2.24) is 5.32 Å². The fraction of sp³-hybridized carbons (Fsp3) is 0.222. The van der Waals surface area contributed by atoms with Gasteiger partial charge in [0.1, 0.15) is 6.07 Å². The summed E-state index contributed by atoms with van der Waals surface area (Å²) in [5.74, 6) is -0.495. The van der Waals surface area contributed by atoms with E-state index in [0.29, 0.717) is 10.4 Å². The molecule has 0 aliphatic carbocycles. The SMILES string of the molecule is CNC(=O)C(OC(N)=O)c1cc(C#N)cs1. The minimum atomic E-state index is -1.10. The monoisotopic (exact) mass is 239 g/mol. The minimum absolute atomic E-state index is 0.405. The molecule has 1 unspecified atom stereocenters. The van der Waals surface area contributed by atoms with Gasteiger partial charge in [0.2, 0.25) is 6.10 Å². The number of ether oxygens (including phenoxy) is 1. The topological polar surface area (TPSA) is 105 Å². The summed E-state index contributed by atoms with van der Waals surface area (Å²) < 4.78 is 4.67. The van der Waals surface area contributed by atoms with E-state index in [1.807, 2.05) is 6.07 Å². The highest BCUT2D eigenvalue weighted by atomic mass is 32.1. The van der Waals surface area contributed by atoms with E-state index in [9.17, 15) is 9.59 Å². The van der Waals surface area contributed by atoms with Gasteiger partial charge in [0.25, 0.3) is 5.91 Å². The molecule has 7 heteroatoms. The number of likely N-dealkylation sites (N-methyl/N-ethyl adjacent to an activating group) is 1. The van der Waals surface area contributed by atoms with Gasteiger partial charge < -0.3 is 15.8 Å². The van der Waals surface area contributed by atoms with E-state index in [-0.39, 0.29) is 0 Å². The molecule has 16 heavy (non-hydrogen) atoms. The number of thiophene rings is 1. The Labute approximate surface area is 95.6 Å². The zero-order valence-corrected chi connectivity index (χ0v) is 9.21. The average molecular weight is 239 g/mol. The molecule has 0 fully saturated rings. The predicted octanol–water partition coefficient (Wildman–Crippen LogP) is 0.502. The van der Waals surface area contributed by atoms with Gasteiger partial charge in [0, 0.05) is 12.4 Å². The number of nitrogens with two attached hydrogens (primary N) is 1. The van der Waals surface area contributed by atoms with Crippen LogP contribution in [-0.2, 0) is 9.53 Å². The summed E-state index contributed by atoms with van der Waals surface area (Å²) in [7, 11) is 1.42. The molecular formula is C9H9N3O3S. The summed E-state index contributed by atoms with van der Waals surface area (Å²) in [5, 5.41) is 12.5. The zero-order chi connectivity index (χ0) is 12.1. The number of rotatable bonds is 3. The molecule has 0 saturated carbocycles. The molecule has 0 aliphatic rings. The first-order chi connectivity index (χ1) is 7.58. The average Bonchev–Trinajstić information content (AvgIpc) is 2.72. The molecule has 1 heterocycles. The number of carbonyl (C=O) groups is 2. The zero-order valence-electron chi connectivity index (χ0n) is 8.39. The van der Waals surface area contributed by atoms with E-state index >= 15 is 0 Å². The highest BCUT2D eigenvalue weighted by Gasteiger charge is 2.24. The van der Waals surface area contributed by atoms with Crippen molar-refractivity contribution >= 4 is 23.3 Å². The van der Waals surface area contributed by atoms with Crippen LogP contribution >= 0.6 is 11.3 Å². The van der Waals surface area contributed by atoms with Gasteiger partial charge >= 0.3 is 6.09 Å². The van der Waals surface area contributed by atoms with Crippen LogP contribution in [0, 0.1) is 11.3 Å². The lowest BCUT2D eigenvalue weighted by atomic mass is 10.2. The van der Waals surface area contributed by atoms with Crippen LogP contribution in [0.1, 0.15) is 16.5 Å². The van der Waals surface area contributed by atoms with Gasteiger partial charge in [-0.15, -0.1) is 11.3 Å². The molecule has 0 spiro atoms. The number of nitrogens with one attached hydrogen (secondary N) is 1. The van der Waals surface area contributed by atoms with Crippen molar-refractivity contribution in [1.29, 1.82) is 5.26 Å². The number of carbonyl (C=O) groups excluding carboxylic acids is 2. The molecule has 3 N–H and O–H groups in total. The van der Waals surface area contributed by atoms with Crippen molar-refractivity contribution < 1.29 is 14.3 Å². The summed E-state index contributed by atoms with van der Waals surface area (Å²) in [4.78, 5) is 22.5. The second-order valence-electron chi connectivity index (χ2n) is 2.78. The van der Waals surface area contributed by atoms with E-state index in [1.54, 1.807) is 5.38 Å². The van der Waals surface area contributed by atoms with Crippen LogP contribution in [0.25, 0.3) is 0 Å². The third kappa shape index (κ3) is 2.71. The summed E-state index contributed by atoms with van der Waals surface area (Å²) in [5.41, 5.74) is 5.27. The summed E-state index contributed by atoms with van der Waals surface area (Å²) in [6.07, 6.45) is -2.14. The van der Waals surface area contributed by atoms with Crippen LogP contribution < -0.4 is 11.1 Å². The Bertz CT molecular complexity index is 449. The van der Waals surface area contributed by atoms with Crippen molar-refractivity contribution in [2.24, 2.45) is 5.73 Å². The molecule has 1 rings (SSSR count). The normalized spacial score (nSPS) is 11.2. The lowest BCUT2D eigenvalue weighted by Gasteiger charge is -2.12. The number of hydrogen-bond donors (Lipinski definition) is 2. The smallest absolute Gasteiger partial charge is 0.405 e. The Hall–Kier alpha value is -2.07. The van der Waals surface area contributed by atoms with Crippen molar-refractivity contribution in [2.45, 2.75) is 6.10 Å². The number of hydrogen-bond acceptors (Lipinski definition) is 5. The summed E-state index contributed by atoms with van der Waals surface area (Å²) in [6, 6.07) is 3.40. The molecule has 84 valence electrons. The largest absolute Gasteiger partial charge is 0.430 e. The maximum atomic E-state index is 11.4. The Kier molecular flexibility index (Phi) is 3.85. The van der Waals surface area contributed by atoms with E-state index in [2.05, 4.69) is 10.1 Å². The molecule has 1 aromatic heterocycles. The maximum Gasteiger partial charge on any atom is 0.405 e. The molecule has 1 aromatic rings. The van der Waals surface area contributed by atoms with Crippen molar-refractivity contribution in [3.63, 3.8) is 0 Å². The van der Waals surface area contributed by atoms with Crippen LogP contribution in [0.3, 0.4) is 0 Å². The highest BCUT2D eigenvalue weighted by Crippen LogP contribution is 2.25. The van der Waals surface area contributed by atoms with Crippen LogP contribution in [-0.4, -0.2) is 19.0 Å². The third-order valence-corrected chi connectivity index (χ3v) is 2.70. The molecule has 2 amide bonds.